The monoisotopic (exact) mass is 478 g/mol. The lowest BCUT2D eigenvalue weighted by molar-refractivity contribution is -0.140. The molecule has 4 rings (SSSR count). The average Bonchev–Trinajstić information content (AvgIpc) is 3.20. The van der Waals surface area contributed by atoms with Crippen LogP contribution in [0.15, 0.2) is 67.2 Å². The topological polar surface area (TPSA) is 76.2 Å². The normalized spacial score (nSPS) is 12.9. The molecule has 0 spiro atoms. The van der Waals surface area contributed by atoms with Gasteiger partial charge in [-0.25, -0.2) is 9.78 Å². The lowest BCUT2D eigenvalue weighted by Crippen LogP contribution is -2.09. The molecular formula is C22H17F3N2O3S2. The Morgan fingerprint density at radius 1 is 1.16 bits per heavy atom. The molecule has 0 bridgehead atoms. The zero-order valence-electron chi connectivity index (χ0n) is 16.7. The number of aromatic nitrogens is 2. The summed E-state index contributed by atoms with van der Waals surface area (Å²) >= 11 is 2.40. The van der Waals surface area contributed by atoms with E-state index in [0.717, 1.165) is 32.9 Å². The van der Waals surface area contributed by atoms with Crippen LogP contribution in [0.2, 0.25) is 0 Å². The summed E-state index contributed by atoms with van der Waals surface area (Å²) in [5, 5.41) is 10.7. The SMILES string of the molecule is Cc1ccc(-c2cc(=O)oc3cc(Sc4ncc(C(O)CCC(F)(F)F)s4)ccc23)cn1. The number of pyridine rings is 1. The first-order chi connectivity index (χ1) is 15.2. The van der Waals surface area contributed by atoms with Gasteiger partial charge >= 0.3 is 11.8 Å². The fourth-order valence-electron chi connectivity index (χ4n) is 3.09. The smallest absolute Gasteiger partial charge is 0.389 e. The van der Waals surface area contributed by atoms with Crippen LogP contribution in [-0.2, 0) is 0 Å². The quantitative estimate of drug-likeness (QED) is 0.335. The number of hydrogen-bond acceptors (Lipinski definition) is 7. The maximum Gasteiger partial charge on any atom is 0.389 e. The van der Waals surface area contributed by atoms with Gasteiger partial charge in [-0.15, -0.1) is 11.3 Å². The predicted molar refractivity (Wildman–Crippen MR) is 117 cm³/mol. The van der Waals surface area contributed by atoms with Gasteiger partial charge in [0.25, 0.3) is 0 Å². The Balaban J connectivity index is 1.57. The number of halogens is 3. The Morgan fingerprint density at radius 3 is 2.69 bits per heavy atom. The van der Waals surface area contributed by atoms with E-state index < -0.39 is 30.7 Å². The molecule has 32 heavy (non-hydrogen) atoms. The third kappa shape index (κ3) is 5.37. The number of nitrogens with zero attached hydrogens (tertiary/aromatic N) is 2. The first-order valence-electron chi connectivity index (χ1n) is 9.57. The fourth-order valence-corrected chi connectivity index (χ4v) is 5.11. The number of rotatable bonds is 6. The van der Waals surface area contributed by atoms with Crippen LogP contribution in [0, 0.1) is 6.92 Å². The summed E-state index contributed by atoms with van der Waals surface area (Å²) in [7, 11) is 0. The van der Waals surface area contributed by atoms with Crippen LogP contribution in [0.3, 0.4) is 0 Å². The van der Waals surface area contributed by atoms with Crippen molar-refractivity contribution in [3.8, 4) is 11.1 Å². The predicted octanol–water partition coefficient (Wildman–Crippen LogP) is 6.15. The lowest BCUT2D eigenvalue weighted by atomic mass is 10.0. The standard InChI is InChI=1S/C22H17F3N2O3S2/c1-12-2-3-13(10-26-12)16-9-20(29)30-18-8-14(4-5-15(16)18)31-21-27-11-19(32-21)17(28)6-7-22(23,24)25/h2-5,8-11,17,28H,6-7H2,1H3. The highest BCUT2D eigenvalue weighted by atomic mass is 32.2. The molecule has 1 N–H and O–H groups in total. The van der Waals surface area contributed by atoms with Crippen molar-refractivity contribution in [3.05, 3.63) is 69.8 Å². The molecule has 1 unspecified atom stereocenters. The van der Waals surface area contributed by atoms with E-state index in [-0.39, 0.29) is 0 Å². The summed E-state index contributed by atoms with van der Waals surface area (Å²) in [6.07, 6.45) is -3.91. The first-order valence-corrected chi connectivity index (χ1v) is 11.2. The van der Waals surface area contributed by atoms with Gasteiger partial charge in [-0.2, -0.15) is 13.2 Å². The van der Waals surface area contributed by atoms with Gasteiger partial charge in [0.1, 0.15) is 5.58 Å². The summed E-state index contributed by atoms with van der Waals surface area (Å²) in [4.78, 5) is 21.7. The van der Waals surface area contributed by atoms with E-state index in [0.29, 0.717) is 20.4 Å². The van der Waals surface area contributed by atoms with E-state index in [4.69, 9.17) is 4.42 Å². The largest absolute Gasteiger partial charge is 0.423 e. The number of alkyl halides is 3. The maximum absolute atomic E-state index is 12.4. The molecule has 0 aliphatic heterocycles. The van der Waals surface area contributed by atoms with Crippen LogP contribution in [0.4, 0.5) is 13.2 Å². The van der Waals surface area contributed by atoms with Crippen LogP contribution < -0.4 is 5.63 Å². The molecule has 1 atom stereocenters. The fraction of sp³-hybridized carbons (Fsp3) is 0.227. The summed E-state index contributed by atoms with van der Waals surface area (Å²) in [5.41, 5.74) is 2.29. The Kier molecular flexibility index (Phi) is 6.36. The van der Waals surface area contributed by atoms with E-state index in [2.05, 4.69) is 9.97 Å². The maximum atomic E-state index is 12.4. The summed E-state index contributed by atoms with van der Waals surface area (Å²) in [6.45, 7) is 1.88. The van der Waals surface area contributed by atoms with Crippen molar-refractivity contribution in [3.63, 3.8) is 0 Å². The van der Waals surface area contributed by atoms with E-state index in [1.807, 2.05) is 31.2 Å². The molecule has 0 saturated carbocycles. The third-order valence-corrected chi connectivity index (χ3v) is 6.84. The summed E-state index contributed by atoms with van der Waals surface area (Å²) < 4.78 is 43.1. The number of hydrogen-bond donors (Lipinski definition) is 1. The number of thiazole rings is 1. The molecule has 3 aromatic heterocycles. The molecule has 5 nitrogen and oxygen atoms in total. The number of fused-ring (bicyclic) bond motifs is 1. The van der Waals surface area contributed by atoms with Crippen molar-refractivity contribution >= 4 is 34.1 Å². The van der Waals surface area contributed by atoms with Crippen molar-refractivity contribution in [1.82, 2.24) is 9.97 Å². The molecule has 0 saturated heterocycles. The van der Waals surface area contributed by atoms with E-state index in [9.17, 15) is 23.1 Å². The van der Waals surface area contributed by atoms with Gasteiger partial charge in [0.05, 0.1) is 11.0 Å². The molecule has 1 aromatic carbocycles. The minimum absolute atomic E-state index is 0.373. The molecule has 0 amide bonds. The van der Waals surface area contributed by atoms with E-state index >= 15 is 0 Å². The Morgan fingerprint density at radius 2 is 1.97 bits per heavy atom. The van der Waals surface area contributed by atoms with Gasteiger partial charge in [0.15, 0.2) is 4.34 Å². The molecule has 0 aliphatic carbocycles. The number of aliphatic hydroxyl groups is 1. The Labute approximate surface area is 189 Å². The first kappa shape index (κ1) is 22.5. The molecule has 3 heterocycles. The highest BCUT2D eigenvalue weighted by Gasteiger charge is 2.28. The number of benzene rings is 1. The zero-order chi connectivity index (χ0) is 22.9. The van der Waals surface area contributed by atoms with Crippen molar-refractivity contribution in [1.29, 1.82) is 0 Å². The van der Waals surface area contributed by atoms with Gasteiger partial charge in [-0.1, -0.05) is 17.8 Å². The second kappa shape index (κ2) is 9.05. The molecule has 0 radical (unpaired) electrons. The van der Waals surface area contributed by atoms with Gasteiger partial charge < -0.3 is 9.52 Å². The Bertz CT molecular complexity index is 1300. The molecule has 0 aliphatic rings. The second-order valence-electron chi connectivity index (χ2n) is 7.13. The van der Waals surface area contributed by atoms with Crippen molar-refractivity contribution in [2.75, 3.05) is 0 Å². The molecule has 0 fully saturated rings. The van der Waals surface area contributed by atoms with Crippen LogP contribution in [0.25, 0.3) is 22.1 Å². The van der Waals surface area contributed by atoms with E-state index in [1.54, 1.807) is 12.3 Å². The molecular weight excluding hydrogens is 461 g/mol. The minimum Gasteiger partial charge on any atom is -0.423 e. The van der Waals surface area contributed by atoms with Crippen LogP contribution in [0.5, 0.6) is 0 Å². The van der Waals surface area contributed by atoms with Crippen molar-refractivity contribution in [2.45, 2.75) is 41.3 Å². The molecule has 4 aromatic rings. The van der Waals surface area contributed by atoms with E-state index in [1.165, 1.54) is 24.0 Å². The van der Waals surface area contributed by atoms with Crippen LogP contribution in [0.1, 0.15) is 29.5 Å². The average molecular weight is 479 g/mol. The zero-order valence-corrected chi connectivity index (χ0v) is 18.4. The van der Waals surface area contributed by atoms with Gasteiger partial charge in [0, 0.05) is 52.0 Å². The van der Waals surface area contributed by atoms with Crippen LogP contribution >= 0.6 is 23.1 Å². The minimum atomic E-state index is -4.31. The highest BCUT2D eigenvalue weighted by molar-refractivity contribution is 8.01. The number of aryl methyl sites for hydroxylation is 1. The van der Waals surface area contributed by atoms with Gasteiger partial charge in [-0.3, -0.25) is 4.98 Å². The van der Waals surface area contributed by atoms with Crippen LogP contribution in [-0.4, -0.2) is 21.3 Å². The van der Waals surface area contributed by atoms with Gasteiger partial charge in [0.2, 0.25) is 0 Å². The molecule has 10 heteroatoms. The van der Waals surface area contributed by atoms with Crippen molar-refractivity contribution < 1.29 is 22.7 Å². The third-order valence-electron chi connectivity index (χ3n) is 4.68. The lowest BCUT2D eigenvalue weighted by Gasteiger charge is -2.09. The molecule has 166 valence electrons. The Hall–Kier alpha value is -2.69. The summed E-state index contributed by atoms with van der Waals surface area (Å²) in [6, 6.07) is 10.6. The highest BCUT2D eigenvalue weighted by Crippen LogP contribution is 2.37. The van der Waals surface area contributed by atoms with Crippen molar-refractivity contribution in [2.24, 2.45) is 0 Å². The summed E-state index contributed by atoms with van der Waals surface area (Å²) in [5.74, 6) is 0. The van der Waals surface area contributed by atoms with Gasteiger partial charge in [-0.05, 0) is 37.6 Å². The number of aliphatic hydroxyl groups excluding tert-OH is 1. The second-order valence-corrected chi connectivity index (χ2v) is 9.51.